The van der Waals surface area contributed by atoms with Crippen LogP contribution in [-0.2, 0) is 4.79 Å². The van der Waals surface area contributed by atoms with Crippen molar-refractivity contribution in [1.82, 2.24) is 5.32 Å². The number of hydrogen-bond acceptors (Lipinski definition) is 4. The summed E-state index contributed by atoms with van der Waals surface area (Å²) in [6.45, 7) is 0. The number of hydrogen-bond donors (Lipinski definition) is 1. The molecule has 1 amide bonds. The first kappa shape index (κ1) is 17.2. The fraction of sp³-hybridized carbons (Fsp3) is 0.235. The molecule has 1 aliphatic rings. The van der Waals surface area contributed by atoms with E-state index in [2.05, 4.69) is 5.32 Å². The molecule has 25 heavy (non-hydrogen) atoms. The fourth-order valence-corrected chi connectivity index (χ4v) is 2.44. The Balaban J connectivity index is 1.93. The number of nitro groups is 1. The predicted molar refractivity (Wildman–Crippen MR) is 89.0 cm³/mol. The molecular weight excluding hydrogens is 351 g/mol. The average Bonchev–Trinajstić information content (AvgIpc) is 3.38. The summed E-state index contributed by atoms with van der Waals surface area (Å²) in [5.41, 5.74) is 0.0441. The summed E-state index contributed by atoms with van der Waals surface area (Å²) >= 11 is 5.79. The van der Waals surface area contributed by atoms with Crippen molar-refractivity contribution in [2.24, 2.45) is 0 Å². The van der Waals surface area contributed by atoms with E-state index in [0.29, 0.717) is 5.56 Å². The first-order valence-electron chi connectivity index (χ1n) is 7.60. The van der Waals surface area contributed by atoms with E-state index in [4.69, 9.17) is 16.3 Å². The van der Waals surface area contributed by atoms with Gasteiger partial charge in [0.15, 0.2) is 5.75 Å². The molecule has 0 aromatic heterocycles. The standard InChI is InChI=1S/C17H14ClFN2O4/c18-11-3-8-15(14(9-11)21(23)24)25-16(17(22)20-13-6-7-13)10-1-4-12(19)5-2-10/h1-5,8-9,13,16H,6-7H2,(H,20,22)/t16-/m0/s1. The molecule has 0 saturated heterocycles. The van der Waals surface area contributed by atoms with Crippen LogP contribution in [0.4, 0.5) is 10.1 Å². The Labute approximate surface area is 147 Å². The Morgan fingerprint density at radius 1 is 1.28 bits per heavy atom. The number of nitro benzene ring substituents is 1. The highest BCUT2D eigenvalue weighted by atomic mass is 35.5. The van der Waals surface area contributed by atoms with Gasteiger partial charge in [0.25, 0.3) is 5.91 Å². The first-order valence-corrected chi connectivity index (χ1v) is 7.98. The molecule has 2 aromatic rings. The molecular formula is C17H14ClFN2O4. The van der Waals surface area contributed by atoms with Gasteiger partial charge in [0.2, 0.25) is 6.10 Å². The van der Waals surface area contributed by atoms with Gasteiger partial charge in [0.1, 0.15) is 5.82 Å². The summed E-state index contributed by atoms with van der Waals surface area (Å²) in [6, 6.07) is 9.23. The van der Waals surface area contributed by atoms with Crippen LogP contribution in [0.3, 0.4) is 0 Å². The number of rotatable bonds is 6. The van der Waals surface area contributed by atoms with Gasteiger partial charge in [-0.25, -0.2) is 4.39 Å². The van der Waals surface area contributed by atoms with Crippen LogP contribution in [0.15, 0.2) is 42.5 Å². The summed E-state index contributed by atoms with van der Waals surface area (Å²) in [4.78, 5) is 23.1. The summed E-state index contributed by atoms with van der Waals surface area (Å²) in [7, 11) is 0. The number of carbonyl (C=O) groups excluding carboxylic acids is 1. The molecule has 1 saturated carbocycles. The number of nitrogens with one attached hydrogen (secondary N) is 1. The molecule has 0 spiro atoms. The van der Waals surface area contributed by atoms with E-state index in [1.807, 2.05) is 0 Å². The molecule has 0 aliphatic heterocycles. The van der Waals surface area contributed by atoms with Crippen LogP contribution in [0.2, 0.25) is 5.02 Å². The minimum Gasteiger partial charge on any atom is -0.469 e. The van der Waals surface area contributed by atoms with Gasteiger partial charge in [0.05, 0.1) is 4.92 Å². The molecule has 3 rings (SSSR count). The molecule has 1 atom stereocenters. The van der Waals surface area contributed by atoms with Crippen molar-refractivity contribution in [2.45, 2.75) is 25.0 Å². The average molecular weight is 365 g/mol. The number of amides is 1. The lowest BCUT2D eigenvalue weighted by molar-refractivity contribution is -0.386. The lowest BCUT2D eigenvalue weighted by Gasteiger charge is -2.19. The highest BCUT2D eigenvalue weighted by Crippen LogP contribution is 2.34. The second-order valence-electron chi connectivity index (χ2n) is 5.70. The van der Waals surface area contributed by atoms with Gasteiger partial charge in [-0.2, -0.15) is 0 Å². The molecule has 8 heteroatoms. The van der Waals surface area contributed by atoms with Crippen molar-refractivity contribution >= 4 is 23.2 Å². The topological polar surface area (TPSA) is 81.5 Å². The minimum atomic E-state index is -1.14. The summed E-state index contributed by atoms with van der Waals surface area (Å²) in [5, 5.41) is 14.2. The molecule has 2 aromatic carbocycles. The smallest absolute Gasteiger partial charge is 0.312 e. The fourth-order valence-electron chi connectivity index (χ4n) is 2.27. The van der Waals surface area contributed by atoms with Crippen molar-refractivity contribution in [3.05, 3.63) is 69.0 Å². The first-order chi connectivity index (χ1) is 11.9. The highest BCUT2D eigenvalue weighted by molar-refractivity contribution is 6.30. The van der Waals surface area contributed by atoms with Gasteiger partial charge < -0.3 is 10.1 Å². The van der Waals surface area contributed by atoms with Crippen molar-refractivity contribution in [2.75, 3.05) is 0 Å². The molecule has 0 heterocycles. The zero-order valence-electron chi connectivity index (χ0n) is 12.9. The summed E-state index contributed by atoms with van der Waals surface area (Å²) in [6.07, 6.45) is 0.618. The zero-order chi connectivity index (χ0) is 18.0. The quantitative estimate of drug-likeness (QED) is 0.624. The van der Waals surface area contributed by atoms with Gasteiger partial charge in [-0.3, -0.25) is 14.9 Å². The van der Waals surface area contributed by atoms with Crippen LogP contribution in [-0.4, -0.2) is 16.9 Å². The maximum absolute atomic E-state index is 13.2. The summed E-state index contributed by atoms with van der Waals surface area (Å²) < 4.78 is 18.8. The lowest BCUT2D eigenvalue weighted by atomic mass is 10.1. The van der Waals surface area contributed by atoms with E-state index in [1.54, 1.807) is 0 Å². The minimum absolute atomic E-state index is 0.0826. The van der Waals surface area contributed by atoms with Gasteiger partial charge in [-0.05, 0) is 37.1 Å². The van der Waals surface area contributed by atoms with Crippen LogP contribution in [0, 0.1) is 15.9 Å². The van der Waals surface area contributed by atoms with E-state index in [0.717, 1.165) is 18.9 Å². The maximum Gasteiger partial charge on any atom is 0.312 e. The third-order valence-electron chi connectivity index (χ3n) is 3.70. The summed E-state index contributed by atoms with van der Waals surface area (Å²) in [5.74, 6) is -0.976. The van der Waals surface area contributed by atoms with Crippen molar-refractivity contribution in [3.8, 4) is 5.75 Å². The van der Waals surface area contributed by atoms with Gasteiger partial charge in [-0.1, -0.05) is 23.7 Å². The molecule has 0 radical (unpaired) electrons. The molecule has 1 N–H and O–H groups in total. The number of ether oxygens (including phenoxy) is 1. The highest BCUT2D eigenvalue weighted by Gasteiger charge is 2.31. The lowest BCUT2D eigenvalue weighted by Crippen LogP contribution is -2.34. The molecule has 130 valence electrons. The Kier molecular flexibility index (Phi) is 4.85. The molecule has 1 fully saturated rings. The largest absolute Gasteiger partial charge is 0.469 e. The Morgan fingerprint density at radius 3 is 2.56 bits per heavy atom. The van der Waals surface area contributed by atoms with Crippen molar-refractivity contribution in [1.29, 1.82) is 0 Å². The number of benzene rings is 2. The van der Waals surface area contributed by atoms with Gasteiger partial charge in [0, 0.05) is 22.7 Å². The van der Waals surface area contributed by atoms with Crippen LogP contribution < -0.4 is 10.1 Å². The number of carbonyl (C=O) groups is 1. The van der Waals surface area contributed by atoms with Crippen LogP contribution in [0.1, 0.15) is 24.5 Å². The maximum atomic E-state index is 13.2. The zero-order valence-corrected chi connectivity index (χ0v) is 13.7. The Hall–Kier alpha value is -2.67. The van der Waals surface area contributed by atoms with Crippen LogP contribution >= 0.6 is 11.6 Å². The van der Waals surface area contributed by atoms with E-state index in [-0.39, 0.29) is 22.5 Å². The van der Waals surface area contributed by atoms with Gasteiger partial charge >= 0.3 is 5.69 Å². The molecule has 0 unspecified atom stereocenters. The predicted octanol–water partition coefficient (Wildman–Crippen LogP) is 3.79. The second-order valence-corrected chi connectivity index (χ2v) is 6.14. The van der Waals surface area contributed by atoms with E-state index >= 15 is 0 Å². The van der Waals surface area contributed by atoms with E-state index < -0.39 is 22.8 Å². The van der Waals surface area contributed by atoms with Crippen LogP contribution in [0.25, 0.3) is 0 Å². The van der Waals surface area contributed by atoms with Crippen LogP contribution in [0.5, 0.6) is 5.75 Å². The molecule has 0 bridgehead atoms. The number of halogens is 2. The molecule has 1 aliphatic carbocycles. The third kappa shape index (κ3) is 4.24. The second kappa shape index (κ2) is 7.06. The van der Waals surface area contributed by atoms with Crippen molar-refractivity contribution < 1.29 is 18.8 Å². The Bertz CT molecular complexity index is 809. The van der Waals surface area contributed by atoms with Crippen molar-refractivity contribution in [3.63, 3.8) is 0 Å². The normalized spacial score (nSPS) is 14.6. The monoisotopic (exact) mass is 364 g/mol. The Morgan fingerprint density at radius 2 is 1.96 bits per heavy atom. The van der Waals surface area contributed by atoms with Gasteiger partial charge in [-0.15, -0.1) is 0 Å². The third-order valence-corrected chi connectivity index (χ3v) is 3.93. The molecule has 6 nitrogen and oxygen atoms in total. The number of nitrogens with zero attached hydrogens (tertiary/aromatic N) is 1. The SMILES string of the molecule is O=C(NC1CC1)[C@@H](Oc1ccc(Cl)cc1[N+](=O)[O-])c1ccc(F)cc1. The van der Waals surface area contributed by atoms with E-state index in [1.165, 1.54) is 36.4 Å². The van der Waals surface area contributed by atoms with E-state index in [9.17, 15) is 19.3 Å².